The van der Waals surface area contributed by atoms with Crippen molar-refractivity contribution in [3.8, 4) is 0 Å². The Balaban J connectivity index is 2.56. The van der Waals surface area contributed by atoms with Crippen LogP contribution in [0.1, 0.15) is 25.0 Å². The van der Waals surface area contributed by atoms with E-state index in [0.29, 0.717) is 5.56 Å². The van der Waals surface area contributed by atoms with Crippen molar-refractivity contribution < 1.29 is 24.9 Å². The quantitative estimate of drug-likeness (QED) is 0.792. The number of carbonyl (C=O) groups is 2. The van der Waals surface area contributed by atoms with Crippen molar-refractivity contribution in [3.05, 3.63) is 58.1 Å². The topological polar surface area (TPSA) is 94.8 Å². The molecule has 5 nitrogen and oxygen atoms in total. The van der Waals surface area contributed by atoms with E-state index in [1.165, 1.54) is 13.0 Å². The van der Waals surface area contributed by atoms with Gasteiger partial charge < -0.3 is 15.3 Å². The monoisotopic (exact) mass is 322 g/mol. The first-order valence-corrected chi connectivity index (χ1v) is 6.95. The van der Waals surface area contributed by atoms with Crippen molar-refractivity contribution in [2.24, 2.45) is 5.41 Å². The maximum absolute atomic E-state index is 11.5. The highest BCUT2D eigenvalue weighted by molar-refractivity contribution is 6.34. The minimum Gasteiger partial charge on any atom is -0.481 e. The first kappa shape index (κ1) is 16.3. The fraction of sp³-hybridized carbons (Fsp3) is 0.250. The average Bonchev–Trinajstić information content (AvgIpc) is 2.49. The largest absolute Gasteiger partial charge is 0.481 e. The second kappa shape index (κ2) is 5.94. The predicted molar refractivity (Wildman–Crippen MR) is 80.4 cm³/mol. The van der Waals surface area contributed by atoms with Gasteiger partial charge in [-0.1, -0.05) is 48.0 Å². The number of carboxylic acids is 2. The molecule has 116 valence electrons. The number of aliphatic hydroxyl groups is 1. The number of benzene rings is 1. The number of aliphatic hydroxyl groups excluding tert-OH is 1. The van der Waals surface area contributed by atoms with Crippen LogP contribution >= 0.6 is 11.6 Å². The highest BCUT2D eigenvalue weighted by Gasteiger charge is 2.40. The second-order valence-electron chi connectivity index (χ2n) is 5.41. The van der Waals surface area contributed by atoms with Crippen LogP contribution in [0.4, 0.5) is 0 Å². The van der Waals surface area contributed by atoms with E-state index in [-0.39, 0.29) is 22.6 Å². The van der Waals surface area contributed by atoms with E-state index >= 15 is 0 Å². The molecule has 3 N–H and O–H groups in total. The lowest BCUT2D eigenvalue weighted by Crippen LogP contribution is -2.31. The van der Waals surface area contributed by atoms with Gasteiger partial charge in [-0.05, 0) is 12.5 Å². The summed E-state index contributed by atoms with van der Waals surface area (Å²) in [7, 11) is 0. The summed E-state index contributed by atoms with van der Waals surface area (Å²) in [4.78, 5) is 22.8. The fourth-order valence-electron chi connectivity index (χ4n) is 2.40. The van der Waals surface area contributed by atoms with Crippen LogP contribution < -0.4 is 0 Å². The van der Waals surface area contributed by atoms with Gasteiger partial charge in [0.05, 0.1) is 16.0 Å². The zero-order chi connectivity index (χ0) is 16.5. The molecule has 0 bridgehead atoms. The summed E-state index contributed by atoms with van der Waals surface area (Å²) >= 11 is 6.10. The molecule has 0 radical (unpaired) electrons. The molecule has 0 saturated carbocycles. The van der Waals surface area contributed by atoms with Crippen LogP contribution in [-0.4, -0.2) is 27.3 Å². The molecule has 0 aliphatic heterocycles. The van der Waals surface area contributed by atoms with Crippen LogP contribution in [0.3, 0.4) is 0 Å². The molecule has 22 heavy (non-hydrogen) atoms. The third-order valence-electron chi connectivity index (χ3n) is 3.69. The number of aliphatic carboxylic acids is 2. The first-order chi connectivity index (χ1) is 10.3. The molecule has 1 aromatic carbocycles. The normalized spacial score (nSPS) is 23.0. The molecule has 2 rings (SSSR count). The Morgan fingerprint density at radius 1 is 1.23 bits per heavy atom. The standard InChI is InChI=1S/C16H15ClO5/c1-16(15(21)22)7-10(12(17)11(8-16)14(19)20)13(18)9-5-3-2-4-6-9/h2-7,13,18H,8H2,1H3,(H,19,20)(H,21,22). The van der Waals surface area contributed by atoms with Gasteiger partial charge in [0, 0.05) is 12.0 Å². The summed E-state index contributed by atoms with van der Waals surface area (Å²) in [5.74, 6) is -2.46. The SMILES string of the molecule is CC1(C(=O)O)C=C(C(O)c2ccccc2)C(Cl)=C(C(=O)O)C1. The van der Waals surface area contributed by atoms with Crippen molar-refractivity contribution in [1.82, 2.24) is 0 Å². The molecular weight excluding hydrogens is 308 g/mol. The Bertz CT molecular complexity index is 677. The molecule has 1 aliphatic carbocycles. The summed E-state index contributed by atoms with van der Waals surface area (Å²) in [6.07, 6.45) is -0.0921. The van der Waals surface area contributed by atoms with Crippen LogP contribution in [0.25, 0.3) is 0 Å². The Hall–Kier alpha value is -2.11. The van der Waals surface area contributed by atoms with Crippen LogP contribution in [0.15, 0.2) is 52.6 Å². The van der Waals surface area contributed by atoms with E-state index in [1.807, 2.05) is 0 Å². The van der Waals surface area contributed by atoms with Gasteiger partial charge in [0.1, 0.15) is 6.10 Å². The molecule has 0 amide bonds. The van der Waals surface area contributed by atoms with E-state index in [2.05, 4.69) is 0 Å². The van der Waals surface area contributed by atoms with Gasteiger partial charge in [0.2, 0.25) is 0 Å². The molecule has 0 saturated heterocycles. The van der Waals surface area contributed by atoms with Gasteiger partial charge in [-0.2, -0.15) is 0 Å². The molecule has 6 heteroatoms. The van der Waals surface area contributed by atoms with E-state index in [9.17, 15) is 24.9 Å². The molecule has 1 aromatic rings. The third kappa shape index (κ3) is 2.91. The van der Waals surface area contributed by atoms with E-state index in [4.69, 9.17) is 11.6 Å². The summed E-state index contributed by atoms with van der Waals surface area (Å²) in [6.45, 7) is 1.40. The third-order valence-corrected chi connectivity index (χ3v) is 4.14. The zero-order valence-electron chi connectivity index (χ0n) is 11.8. The van der Waals surface area contributed by atoms with Gasteiger partial charge in [0.25, 0.3) is 0 Å². The summed E-state index contributed by atoms with van der Waals surface area (Å²) in [6, 6.07) is 8.51. The molecule has 0 fully saturated rings. The maximum Gasteiger partial charge on any atom is 0.333 e. The molecule has 0 heterocycles. The second-order valence-corrected chi connectivity index (χ2v) is 5.79. The number of hydrogen-bond acceptors (Lipinski definition) is 3. The van der Waals surface area contributed by atoms with Crippen molar-refractivity contribution in [2.75, 3.05) is 0 Å². The lowest BCUT2D eigenvalue weighted by molar-refractivity contribution is -0.145. The Morgan fingerprint density at radius 2 is 1.82 bits per heavy atom. The van der Waals surface area contributed by atoms with Crippen molar-refractivity contribution in [1.29, 1.82) is 0 Å². The Morgan fingerprint density at radius 3 is 2.32 bits per heavy atom. The number of hydrogen-bond donors (Lipinski definition) is 3. The summed E-state index contributed by atoms with van der Waals surface area (Å²) in [5, 5.41) is 29.0. The van der Waals surface area contributed by atoms with Crippen LogP contribution in [0, 0.1) is 5.41 Å². The van der Waals surface area contributed by atoms with E-state index < -0.39 is 23.5 Å². The molecule has 1 aliphatic rings. The molecule has 2 unspecified atom stereocenters. The minimum absolute atomic E-state index is 0.0985. The number of rotatable bonds is 4. The van der Waals surface area contributed by atoms with Crippen LogP contribution in [0.5, 0.6) is 0 Å². The van der Waals surface area contributed by atoms with Gasteiger partial charge in [-0.3, -0.25) is 4.79 Å². The summed E-state index contributed by atoms with van der Waals surface area (Å²) in [5.41, 5.74) is -1.04. The molecule has 0 spiro atoms. The Labute approximate surface area is 132 Å². The van der Waals surface area contributed by atoms with E-state index in [1.54, 1.807) is 30.3 Å². The van der Waals surface area contributed by atoms with Gasteiger partial charge in [-0.25, -0.2) is 4.79 Å². The average molecular weight is 323 g/mol. The van der Waals surface area contributed by atoms with Crippen molar-refractivity contribution in [2.45, 2.75) is 19.4 Å². The first-order valence-electron chi connectivity index (χ1n) is 6.58. The fourth-order valence-corrected chi connectivity index (χ4v) is 2.70. The molecular formula is C16H15ClO5. The van der Waals surface area contributed by atoms with Crippen molar-refractivity contribution in [3.63, 3.8) is 0 Å². The van der Waals surface area contributed by atoms with Gasteiger partial charge >= 0.3 is 11.9 Å². The van der Waals surface area contributed by atoms with Gasteiger partial charge in [-0.15, -0.1) is 0 Å². The number of carboxylic acid groups (broad SMARTS) is 2. The smallest absolute Gasteiger partial charge is 0.333 e. The highest BCUT2D eigenvalue weighted by atomic mass is 35.5. The molecule has 0 aromatic heterocycles. The zero-order valence-corrected chi connectivity index (χ0v) is 12.5. The van der Waals surface area contributed by atoms with Crippen molar-refractivity contribution >= 4 is 23.5 Å². The Kier molecular flexibility index (Phi) is 4.39. The van der Waals surface area contributed by atoms with Gasteiger partial charge in [0.15, 0.2) is 0 Å². The summed E-state index contributed by atoms with van der Waals surface area (Å²) < 4.78 is 0. The van der Waals surface area contributed by atoms with E-state index in [0.717, 1.165) is 0 Å². The van der Waals surface area contributed by atoms with Crippen LogP contribution in [-0.2, 0) is 9.59 Å². The molecule has 2 atom stereocenters. The highest BCUT2D eigenvalue weighted by Crippen LogP contribution is 2.43. The lowest BCUT2D eigenvalue weighted by atomic mass is 9.76. The lowest BCUT2D eigenvalue weighted by Gasteiger charge is -2.30. The minimum atomic E-state index is -1.43. The predicted octanol–water partition coefficient (Wildman–Crippen LogP) is 2.72. The van der Waals surface area contributed by atoms with Crippen LogP contribution in [0.2, 0.25) is 0 Å². The number of halogens is 1. The maximum atomic E-state index is 11.5.